The standard InChI is InChI=1S/C12H14F3N3O/c1-7(2)17-11-8(4-6-10(16)19)3-5-9(18-11)12(13,14)15/h3-7H,1-2H3,(H2,16,19)(H,17,18). The highest BCUT2D eigenvalue weighted by molar-refractivity contribution is 5.91. The second-order valence-electron chi connectivity index (χ2n) is 4.17. The van der Waals surface area contributed by atoms with E-state index >= 15 is 0 Å². The van der Waals surface area contributed by atoms with Gasteiger partial charge in [0.1, 0.15) is 11.5 Å². The van der Waals surface area contributed by atoms with E-state index < -0.39 is 17.8 Å². The lowest BCUT2D eigenvalue weighted by molar-refractivity contribution is -0.141. The van der Waals surface area contributed by atoms with Gasteiger partial charge in [-0.25, -0.2) is 4.98 Å². The average Bonchev–Trinajstić information content (AvgIpc) is 2.25. The highest BCUT2D eigenvalue weighted by atomic mass is 19.4. The fourth-order valence-electron chi connectivity index (χ4n) is 1.32. The Labute approximate surface area is 108 Å². The number of nitrogens with two attached hydrogens (primary N) is 1. The largest absolute Gasteiger partial charge is 0.433 e. The van der Waals surface area contributed by atoms with E-state index in [0.29, 0.717) is 5.56 Å². The molecule has 0 aliphatic carbocycles. The molecule has 0 saturated carbocycles. The summed E-state index contributed by atoms with van der Waals surface area (Å²) < 4.78 is 37.7. The zero-order valence-corrected chi connectivity index (χ0v) is 10.5. The molecule has 104 valence electrons. The number of carbonyl (C=O) groups is 1. The molecule has 0 saturated heterocycles. The van der Waals surface area contributed by atoms with E-state index in [-0.39, 0.29) is 11.9 Å². The molecule has 7 heteroatoms. The fourth-order valence-corrected chi connectivity index (χ4v) is 1.32. The molecule has 0 aliphatic rings. The van der Waals surface area contributed by atoms with Crippen LogP contribution in [0, 0.1) is 0 Å². The molecule has 1 heterocycles. The minimum Gasteiger partial charge on any atom is -0.367 e. The number of nitrogens with one attached hydrogen (secondary N) is 1. The van der Waals surface area contributed by atoms with Crippen LogP contribution in [0.15, 0.2) is 18.2 Å². The van der Waals surface area contributed by atoms with Crippen LogP contribution in [0.1, 0.15) is 25.1 Å². The normalized spacial score (nSPS) is 12.1. The Morgan fingerprint density at radius 1 is 1.42 bits per heavy atom. The first-order valence-electron chi connectivity index (χ1n) is 5.52. The number of hydrogen-bond donors (Lipinski definition) is 2. The molecule has 1 aromatic rings. The third kappa shape index (κ3) is 4.61. The number of anilines is 1. The van der Waals surface area contributed by atoms with Crippen LogP contribution >= 0.6 is 0 Å². The van der Waals surface area contributed by atoms with E-state index in [1.165, 1.54) is 12.1 Å². The Morgan fingerprint density at radius 3 is 2.53 bits per heavy atom. The van der Waals surface area contributed by atoms with Crippen LogP contribution in [0.4, 0.5) is 19.0 Å². The highest BCUT2D eigenvalue weighted by Crippen LogP contribution is 2.30. The summed E-state index contributed by atoms with van der Waals surface area (Å²) in [4.78, 5) is 14.2. The summed E-state index contributed by atoms with van der Waals surface area (Å²) in [6, 6.07) is 1.99. The van der Waals surface area contributed by atoms with Crippen molar-refractivity contribution in [3.8, 4) is 0 Å². The molecule has 19 heavy (non-hydrogen) atoms. The Balaban J connectivity index is 3.20. The zero-order chi connectivity index (χ0) is 14.6. The lowest BCUT2D eigenvalue weighted by Gasteiger charge is -2.14. The summed E-state index contributed by atoms with van der Waals surface area (Å²) in [5, 5.41) is 2.80. The van der Waals surface area contributed by atoms with Crippen LogP contribution in [0.25, 0.3) is 6.08 Å². The van der Waals surface area contributed by atoms with Gasteiger partial charge < -0.3 is 11.1 Å². The lowest BCUT2D eigenvalue weighted by Crippen LogP contribution is -2.16. The molecule has 0 bridgehead atoms. The SMILES string of the molecule is CC(C)Nc1nc(C(F)(F)F)ccc1C=CC(N)=O. The molecule has 0 aliphatic heterocycles. The number of halogens is 3. The van der Waals surface area contributed by atoms with Gasteiger partial charge in [0.05, 0.1) is 0 Å². The van der Waals surface area contributed by atoms with Gasteiger partial charge in [-0.05, 0) is 32.1 Å². The minimum absolute atomic E-state index is 0.0577. The number of rotatable bonds is 4. The van der Waals surface area contributed by atoms with Crippen LogP contribution < -0.4 is 11.1 Å². The first-order chi connectivity index (χ1) is 8.70. The second kappa shape index (κ2) is 5.73. The summed E-state index contributed by atoms with van der Waals surface area (Å²) in [6.07, 6.45) is -2.13. The number of nitrogens with zero attached hydrogens (tertiary/aromatic N) is 1. The van der Waals surface area contributed by atoms with Crippen molar-refractivity contribution in [3.05, 3.63) is 29.5 Å². The Hall–Kier alpha value is -2.05. The smallest absolute Gasteiger partial charge is 0.367 e. The van der Waals surface area contributed by atoms with E-state index in [2.05, 4.69) is 10.3 Å². The van der Waals surface area contributed by atoms with Crippen LogP contribution in [0.5, 0.6) is 0 Å². The minimum atomic E-state index is -4.51. The molecule has 0 spiro atoms. The summed E-state index contributed by atoms with van der Waals surface area (Å²) in [5.74, 6) is -0.627. The maximum atomic E-state index is 12.6. The van der Waals surface area contributed by atoms with Crippen molar-refractivity contribution in [3.63, 3.8) is 0 Å². The molecule has 1 amide bonds. The first-order valence-corrected chi connectivity index (χ1v) is 5.52. The summed E-state index contributed by atoms with van der Waals surface area (Å²) >= 11 is 0. The van der Waals surface area contributed by atoms with Gasteiger partial charge in [0.2, 0.25) is 5.91 Å². The van der Waals surface area contributed by atoms with Gasteiger partial charge in [0.15, 0.2) is 0 Å². The van der Waals surface area contributed by atoms with Crippen molar-refractivity contribution in [1.82, 2.24) is 4.98 Å². The lowest BCUT2D eigenvalue weighted by atomic mass is 10.2. The van der Waals surface area contributed by atoms with Gasteiger partial charge in [-0.2, -0.15) is 13.2 Å². The average molecular weight is 273 g/mol. The molecular weight excluding hydrogens is 259 g/mol. The zero-order valence-electron chi connectivity index (χ0n) is 10.5. The number of alkyl halides is 3. The monoisotopic (exact) mass is 273 g/mol. The first kappa shape index (κ1) is 15.0. The molecular formula is C12H14F3N3O. The maximum absolute atomic E-state index is 12.6. The third-order valence-corrected chi connectivity index (χ3v) is 2.07. The quantitative estimate of drug-likeness (QED) is 0.828. The van der Waals surface area contributed by atoms with E-state index in [9.17, 15) is 18.0 Å². The number of amides is 1. The van der Waals surface area contributed by atoms with E-state index in [1.54, 1.807) is 13.8 Å². The number of hydrogen-bond acceptors (Lipinski definition) is 3. The van der Waals surface area contributed by atoms with Gasteiger partial charge in [0, 0.05) is 17.7 Å². The van der Waals surface area contributed by atoms with Crippen molar-refractivity contribution in [2.75, 3.05) is 5.32 Å². The topological polar surface area (TPSA) is 68.0 Å². The number of aromatic nitrogens is 1. The van der Waals surface area contributed by atoms with Crippen molar-refractivity contribution in [2.45, 2.75) is 26.1 Å². The molecule has 0 unspecified atom stereocenters. The summed E-state index contributed by atoms with van der Waals surface area (Å²) in [7, 11) is 0. The van der Waals surface area contributed by atoms with Gasteiger partial charge in [-0.1, -0.05) is 0 Å². The van der Waals surface area contributed by atoms with Crippen molar-refractivity contribution < 1.29 is 18.0 Å². The predicted molar refractivity (Wildman–Crippen MR) is 66.2 cm³/mol. The highest BCUT2D eigenvalue weighted by Gasteiger charge is 2.32. The Kier molecular flexibility index (Phi) is 4.52. The molecule has 0 atom stereocenters. The van der Waals surface area contributed by atoms with Gasteiger partial charge in [0.25, 0.3) is 0 Å². The molecule has 0 fully saturated rings. The number of primary amides is 1. The van der Waals surface area contributed by atoms with Gasteiger partial charge in [-0.3, -0.25) is 4.79 Å². The third-order valence-electron chi connectivity index (χ3n) is 2.07. The molecule has 0 radical (unpaired) electrons. The molecule has 1 rings (SSSR count). The van der Waals surface area contributed by atoms with Crippen LogP contribution in [-0.4, -0.2) is 16.9 Å². The van der Waals surface area contributed by atoms with Crippen molar-refractivity contribution in [2.24, 2.45) is 5.73 Å². The van der Waals surface area contributed by atoms with Gasteiger partial charge >= 0.3 is 6.18 Å². The van der Waals surface area contributed by atoms with Gasteiger partial charge in [-0.15, -0.1) is 0 Å². The molecule has 0 aromatic carbocycles. The molecule has 4 nitrogen and oxygen atoms in total. The van der Waals surface area contributed by atoms with E-state index in [4.69, 9.17) is 5.73 Å². The predicted octanol–water partition coefficient (Wildman–Crippen LogP) is 2.42. The van der Waals surface area contributed by atoms with Crippen LogP contribution in [0.2, 0.25) is 0 Å². The maximum Gasteiger partial charge on any atom is 0.433 e. The number of carbonyl (C=O) groups excluding carboxylic acids is 1. The number of pyridine rings is 1. The van der Waals surface area contributed by atoms with Crippen LogP contribution in [0.3, 0.4) is 0 Å². The second-order valence-corrected chi connectivity index (χ2v) is 4.17. The molecule has 3 N–H and O–H groups in total. The van der Waals surface area contributed by atoms with Crippen molar-refractivity contribution >= 4 is 17.8 Å². The van der Waals surface area contributed by atoms with Crippen molar-refractivity contribution in [1.29, 1.82) is 0 Å². The van der Waals surface area contributed by atoms with E-state index in [1.807, 2.05) is 0 Å². The van der Waals surface area contributed by atoms with E-state index in [0.717, 1.165) is 12.1 Å². The Bertz CT molecular complexity index is 495. The summed E-state index contributed by atoms with van der Waals surface area (Å²) in [6.45, 7) is 3.53. The fraction of sp³-hybridized carbons (Fsp3) is 0.333. The Morgan fingerprint density at radius 2 is 2.05 bits per heavy atom. The van der Waals surface area contributed by atoms with Crippen LogP contribution in [-0.2, 0) is 11.0 Å². The summed E-state index contributed by atoms with van der Waals surface area (Å²) in [5.41, 5.74) is 4.31. The molecule has 1 aromatic heterocycles.